The SMILES string of the molecule is CC(C)n1nc(-c2cncc(C(F)(F)F)c2)cc1C1CCN(C2CCC2)CC1. The van der Waals surface area contributed by atoms with Crippen LogP contribution in [0.4, 0.5) is 13.2 Å². The maximum absolute atomic E-state index is 13.1. The third-order valence-electron chi connectivity index (χ3n) is 6.15. The summed E-state index contributed by atoms with van der Waals surface area (Å²) in [7, 11) is 0. The Balaban J connectivity index is 1.58. The normalized spacial score (nSPS) is 19.9. The smallest absolute Gasteiger partial charge is 0.300 e. The zero-order chi connectivity index (χ0) is 19.9. The minimum Gasteiger partial charge on any atom is -0.300 e. The molecule has 1 aliphatic heterocycles. The second kappa shape index (κ2) is 7.50. The molecule has 0 N–H and O–H groups in total. The fraction of sp³-hybridized carbons (Fsp3) is 0.619. The Labute approximate surface area is 163 Å². The monoisotopic (exact) mass is 392 g/mol. The zero-order valence-electron chi connectivity index (χ0n) is 16.4. The van der Waals surface area contributed by atoms with Gasteiger partial charge < -0.3 is 4.90 Å². The molecule has 1 saturated carbocycles. The highest BCUT2D eigenvalue weighted by atomic mass is 19.4. The largest absolute Gasteiger partial charge is 0.417 e. The van der Waals surface area contributed by atoms with E-state index in [2.05, 4.69) is 28.8 Å². The second-order valence-corrected chi connectivity index (χ2v) is 8.35. The number of piperidine rings is 1. The van der Waals surface area contributed by atoms with Crippen molar-refractivity contribution in [1.29, 1.82) is 0 Å². The molecule has 0 aromatic carbocycles. The number of aromatic nitrogens is 3. The quantitative estimate of drug-likeness (QED) is 0.710. The predicted molar refractivity (Wildman–Crippen MR) is 102 cm³/mol. The van der Waals surface area contributed by atoms with E-state index in [9.17, 15) is 13.2 Å². The van der Waals surface area contributed by atoms with E-state index in [1.165, 1.54) is 25.5 Å². The van der Waals surface area contributed by atoms with Crippen molar-refractivity contribution in [2.45, 2.75) is 70.1 Å². The minimum atomic E-state index is -4.40. The summed E-state index contributed by atoms with van der Waals surface area (Å²) < 4.78 is 41.1. The van der Waals surface area contributed by atoms with Crippen molar-refractivity contribution < 1.29 is 13.2 Å². The van der Waals surface area contributed by atoms with Gasteiger partial charge in [0.2, 0.25) is 0 Å². The van der Waals surface area contributed by atoms with Gasteiger partial charge in [-0.3, -0.25) is 9.67 Å². The number of likely N-dealkylation sites (tertiary alicyclic amines) is 1. The van der Waals surface area contributed by atoms with Crippen molar-refractivity contribution in [3.8, 4) is 11.3 Å². The minimum absolute atomic E-state index is 0.159. The average Bonchev–Trinajstić information content (AvgIpc) is 3.06. The molecule has 0 radical (unpaired) electrons. The molecule has 2 fully saturated rings. The van der Waals surface area contributed by atoms with Crippen molar-refractivity contribution >= 4 is 0 Å². The highest BCUT2D eigenvalue weighted by Gasteiger charge is 2.33. The fourth-order valence-electron chi connectivity index (χ4n) is 4.32. The molecule has 2 aliphatic rings. The molecule has 28 heavy (non-hydrogen) atoms. The number of nitrogens with zero attached hydrogens (tertiary/aromatic N) is 4. The Hall–Kier alpha value is -1.89. The number of rotatable bonds is 4. The number of halogens is 3. The number of alkyl halides is 3. The summed E-state index contributed by atoms with van der Waals surface area (Å²) in [5, 5.41) is 4.66. The summed E-state index contributed by atoms with van der Waals surface area (Å²) in [5.41, 5.74) is 1.39. The van der Waals surface area contributed by atoms with Crippen LogP contribution in [0.2, 0.25) is 0 Å². The molecule has 7 heteroatoms. The zero-order valence-corrected chi connectivity index (χ0v) is 16.4. The molecule has 0 bridgehead atoms. The molecule has 3 heterocycles. The number of hydrogen-bond donors (Lipinski definition) is 0. The van der Waals surface area contributed by atoms with Crippen molar-refractivity contribution in [3.63, 3.8) is 0 Å². The van der Waals surface area contributed by atoms with Gasteiger partial charge in [-0.1, -0.05) is 6.42 Å². The molecule has 0 amide bonds. The van der Waals surface area contributed by atoms with E-state index in [1.807, 2.05) is 10.7 Å². The van der Waals surface area contributed by atoms with Crippen molar-refractivity contribution in [2.24, 2.45) is 0 Å². The molecular weight excluding hydrogens is 365 g/mol. The van der Waals surface area contributed by atoms with Gasteiger partial charge in [0, 0.05) is 41.7 Å². The number of pyridine rings is 1. The number of hydrogen-bond acceptors (Lipinski definition) is 3. The van der Waals surface area contributed by atoms with Crippen LogP contribution in [-0.2, 0) is 6.18 Å². The van der Waals surface area contributed by atoms with Crippen LogP contribution >= 0.6 is 0 Å². The molecule has 2 aromatic heterocycles. The summed E-state index contributed by atoms with van der Waals surface area (Å²) in [6.45, 7) is 6.32. The van der Waals surface area contributed by atoms with Gasteiger partial charge in [0.1, 0.15) is 0 Å². The molecule has 2 aromatic rings. The summed E-state index contributed by atoms with van der Waals surface area (Å²) in [6.07, 6.45) is 4.07. The molecule has 1 saturated heterocycles. The van der Waals surface area contributed by atoms with Crippen molar-refractivity contribution in [3.05, 3.63) is 35.8 Å². The average molecular weight is 392 g/mol. The van der Waals surface area contributed by atoms with Crippen molar-refractivity contribution in [2.75, 3.05) is 13.1 Å². The van der Waals surface area contributed by atoms with Gasteiger partial charge in [0.25, 0.3) is 0 Å². The van der Waals surface area contributed by atoms with Gasteiger partial charge in [0.15, 0.2) is 0 Å². The third-order valence-corrected chi connectivity index (χ3v) is 6.15. The lowest BCUT2D eigenvalue weighted by Gasteiger charge is -2.41. The Kier molecular flexibility index (Phi) is 5.21. The van der Waals surface area contributed by atoms with Crippen LogP contribution in [-0.4, -0.2) is 38.8 Å². The lowest BCUT2D eigenvalue weighted by molar-refractivity contribution is -0.137. The van der Waals surface area contributed by atoms with Gasteiger partial charge in [-0.05, 0) is 64.8 Å². The van der Waals surface area contributed by atoms with Crippen LogP contribution < -0.4 is 0 Å². The first-order chi connectivity index (χ1) is 13.3. The summed E-state index contributed by atoms with van der Waals surface area (Å²) in [4.78, 5) is 6.40. The summed E-state index contributed by atoms with van der Waals surface area (Å²) in [6, 6.07) is 4.04. The second-order valence-electron chi connectivity index (χ2n) is 8.35. The Morgan fingerprint density at radius 1 is 1.04 bits per heavy atom. The van der Waals surface area contributed by atoms with Crippen LogP contribution in [0.5, 0.6) is 0 Å². The Morgan fingerprint density at radius 3 is 2.32 bits per heavy atom. The highest BCUT2D eigenvalue weighted by Crippen LogP contribution is 2.36. The van der Waals surface area contributed by atoms with Gasteiger partial charge in [0.05, 0.1) is 11.3 Å². The van der Waals surface area contributed by atoms with Crippen LogP contribution in [0, 0.1) is 0 Å². The van der Waals surface area contributed by atoms with E-state index < -0.39 is 11.7 Å². The molecular formula is C21H27F3N4. The first-order valence-corrected chi connectivity index (χ1v) is 10.2. The Bertz CT molecular complexity index is 815. The fourth-order valence-corrected chi connectivity index (χ4v) is 4.32. The molecule has 0 unspecified atom stereocenters. The standard InChI is InChI=1S/C21H27F3N4/c1-14(2)28-20(15-6-8-27(9-7-15)18-4-3-5-18)11-19(26-28)16-10-17(13-25-12-16)21(22,23)24/h10-15,18H,3-9H2,1-2H3. The van der Waals surface area contributed by atoms with E-state index in [0.29, 0.717) is 17.2 Å². The van der Waals surface area contributed by atoms with E-state index in [-0.39, 0.29) is 6.04 Å². The van der Waals surface area contributed by atoms with E-state index in [1.54, 1.807) is 0 Å². The highest BCUT2D eigenvalue weighted by molar-refractivity contribution is 5.59. The van der Waals surface area contributed by atoms with Gasteiger partial charge in [-0.2, -0.15) is 18.3 Å². The molecule has 0 spiro atoms. The van der Waals surface area contributed by atoms with E-state index in [4.69, 9.17) is 0 Å². The van der Waals surface area contributed by atoms with Gasteiger partial charge in [-0.15, -0.1) is 0 Å². The Morgan fingerprint density at radius 2 is 1.75 bits per heavy atom. The van der Waals surface area contributed by atoms with Crippen LogP contribution in [0.15, 0.2) is 24.5 Å². The van der Waals surface area contributed by atoms with Gasteiger partial charge >= 0.3 is 6.18 Å². The van der Waals surface area contributed by atoms with Crippen molar-refractivity contribution in [1.82, 2.24) is 19.7 Å². The topological polar surface area (TPSA) is 34.0 Å². The molecule has 1 aliphatic carbocycles. The molecule has 4 rings (SSSR count). The third kappa shape index (κ3) is 3.81. The lowest BCUT2D eigenvalue weighted by Crippen LogP contribution is -2.44. The van der Waals surface area contributed by atoms with Crippen LogP contribution in [0.25, 0.3) is 11.3 Å². The molecule has 4 nitrogen and oxygen atoms in total. The summed E-state index contributed by atoms with van der Waals surface area (Å²) in [5.74, 6) is 0.402. The molecule has 152 valence electrons. The van der Waals surface area contributed by atoms with E-state index >= 15 is 0 Å². The van der Waals surface area contributed by atoms with Crippen LogP contribution in [0.3, 0.4) is 0 Å². The maximum atomic E-state index is 13.1. The maximum Gasteiger partial charge on any atom is 0.417 e. The van der Waals surface area contributed by atoms with E-state index in [0.717, 1.165) is 49.9 Å². The summed E-state index contributed by atoms with van der Waals surface area (Å²) >= 11 is 0. The first kappa shape index (κ1) is 19.4. The van der Waals surface area contributed by atoms with Crippen LogP contribution in [0.1, 0.15) is 69.2 Å². The lowest BCUT2D eigenvalue weighted by atomic mass is 9.86. The van der Waals surface area contributed by atoms with Gasteiger partial charge in [-0.25, -0.2) is 0 Å². The molecule has 0 atom stereocenters. The first-order valence-electron chi connectivity index (χ1n) is 10.2. The predicted octanol–water partition coefficient (Wildman–Crippen LogP) is 5.28.